The van der Waals surface area contributed by atoms with Crippen molar-refractivity contribution in [3.05, 3.63) is 77.4 Å². The van der Waals surface area contributed by atoms with Gasteiger partial charge in [-0.05, 0) is 65.5 Å². The van der Waals surface area contributed by atoms with Crippen molar-refractivity contribution in [2.75, 3.05) is 0 Å². The summed E-state index contributed by atoms with van der Waals surface area (Å²) in [5.74, 6) is 0. The number of aryl methyl sites for hydroxylation is 2. The molecule has 2 heteroatoms. The number of rotatable bonds is 1. The van der Waals surface area contributed by atoms with Crippen LogP contribution in [0.3, 0.4) is 0 Å². The Morgan fingerprint density at radius 2 is 1.58 bits per heavy atom. The number of benzene rings is 3. The van der Waals surface area contributed by atoms with Crippen molar-refractivity contribution in [3.63, 3.8) is 0 Å². The number of hydrogen-bond donors (Lipinski definition) is 0. The predicted molar refractivity (Wildman–Crippen MR) is 138 cm³/mol. The third kappa shape index (κ3) is 2.83. The van der Waals surface area contributed by atoms with E-state index in [0.717, 1.165) is 11.2 Å². The molecule has 0 saturated heterocycles. The van der Waals surface area contributed by atoms with E-state index >= 15 is 0 Å². The normalized spacial score (nSPS) is 17.0. The fourth-order valence-electron chi connectivity index (χ4n) is 6.10. The zero-order chi connectivity index (χ0) is 23.1. The molecule has 166 valence electrons. The maximum absolute atomic E-state index is 6.70. The van der Waals surface area contributed by atoms with E-state index in [-0.39, 0.29) is 10.8 Å². The monoisotopic (exact) mass is 434 g/mol. The number of hydrogen-bond acceptors (Lipinski definition) is 1. The Balaban J connectivity index is 1.74. The standard InChI is InChI=1S/C31H32NO/c1-19-11-13-21-27-25(16-14-22-28(27)31(4,5)18-17-30(22,2)3)33-29(21)26(19)24-15-12-20-9-7-8-10-23(20)32(24)6/h7-16H,17-18H2,1-6H3/q+1. The predicted octanol–water partition coefficient (Wildman–Crippen LogP) is 7.89. The van der Waals surface area contributed by atoms with Crippen LogP contribution in [0.25, 0.3) is 44.1 Å². The summed E-state index contributed by atoms with van der Waals surface area (Å²) in [7, 11) is 2.16. The Morgan fingerprint density at radius 3 is 2.39 bits per heavy atom. The van der Waals surface area contributed by atoms with Gasteiger partial charge in [0.1, 0.15) is 18.2 Å². The maximum atomic E-state index is 6.70. The van der Waals surface area contributed by atoms with Gasteiger partial charge < -0.3 is 4.42 Å². The van der Waals surface area contributed by atoms with Crippen LogP contribution < -0.4 is 4.57 Å². The first-order valence-electron chi connectivity index (χ1n) is 12.1. The molecule has 0 unspecified atom stereocenters. The molecule has 0 bridgehead atoms. The molecule has 0 N–H and O–H groups in total. The SMILES string of the molecule is Cc1ccc2c(oc3ccc4c(c32)C(C)(C)CCC4(C)C)c1-c1ccc2ccccc2[n+]1C. The van der Waals surface area contributed by atoms with Crippen LogP contribution in [0.5, 0.6) is 0 Å². The molecule has 5 aromatic rings. The first-order chi connectivity index (χ1) is 15.7. The molecule has 3 aromatic carbocycles. The molecular formula is C31H32NO+. The summed E-state index contributed by atoms with van der Waals surface area (Å²) in [6, 6.07) is 22.1. The lowest BCUT2D eigenvalue weighted by atomic mass is 9.62. The van der Waals surface area contributed by atoms with Crippen molar-refractivity contribution in [2.45, 2.75) is 58.3 Å². The smallest absolute Gasteiger partial charge is 0.216 e. The van der Waals surface area contributed by atoms with E-state index in [1.165, 1.54) is 62.5 Å². The molecule has 0 radical (unpaired) electrons. The molecule has 0 amide bonds. The first-order valence-corrected chi connectivity index (χ1v) is 12.1. The highest BCUT2D eigenvalue weighted by Gasteiger charge is 2.39. The van der Waals surface area contributed by atoms with Gasteiger partial charge >= 0.3 is 0 Å². The highest BCUT2D eigenvalue weighted by molar-refractivity contribution is 6.12. The van der Waals surface area contributed by atoms with Crippen LogP contribution in [0.2, 0.25) is 0 Å². The molecule has 33 heavy (non-hydrogen) atoms. The van der Waals surface area contributed by atoms with E-state index in [2.05, 4.69) is 107 Å². The van der Waals surface area contributed by atoms with Crippen LogP contribution in [0.1, 0.15) is 57.2 Å². The number of pyridine rings is 1. The Kier molecular flexibility index (Phi) is 4.15. The Morgan fingerprint density at radius 1 is 0.818 bits per heavy atom. The zero-order valence-electron chi connectivity index (χ0n) is 20.5. The van der Waals surface area contributed by atoms with Gasteiger partial charge in [0.2, 0.25) is 11.2 Å². The number of nitrogens with zero attached hydrogens (tertiary/aromatic N) is 1. The van der Waals surface area contributed by atoms with Crippen LogP contribution >= 0.6 is 0 Å². The number of fused-ring (bicyclic) bond motifs is 6. The lowest BCUT2D eigenvalue weighted by Gasteiger charge is -2.42. The number of furan rings is 1. The van der Waals surface area contributed by atoms with Gasteiger partial charge in [0.25, 0.3) is 0 Å². The molecule has 0 fully saturated rings. The van der Waals surface area contributed by atoms with Crippen molar-refractivity contribution >= 4 is 32.8 Å². The molecule has 0 saturated carbocycles. The van der Waals surface area contributed by atoms with E-state index in [1.54, 1.807) is 0 Å². The fraction of sp³-hybridized carbons (Fsp3) is 0.323. The second-order valence-corrected chi connectivity index (χ2v) is 11.2. The second-order valence-electron chi connectivity index (χ2n) is 11.2. The Bertz CT molecular complexity index is 1580. The van der Waals surface area contributed by atoms with E-state index in [0.29, 0.717) is 0 Å². The Hall–Kier alpha value is -3.13. The van der Waals surface area contributed by atoms with Crippen molar-refractivity contribution in [2.24, 2.45) is 7.05 Å². The van der Waals surface area contributed by atoms with Crippen LogP contribution in [0, 0.1) is 6.92 Å². The van der Waals surface area contributed by atoms with Gasteiger partial charge in [-0.15, -0.1) is 0 Å². The summed E-state index contributed by atoms with van der Waals surface area (Å²) >= 11 is 0. The highest BCUT2D eigenvalue weighted by atomic mass is 16.3. The molecule has 6 rings (SSSR count). The third-order valence-electron chi connectivity index (χ3n) is 8.13. The molecule has 2 heterocycles. The van der Waals surface area contributed by atoms with Gasteiger partial charge in [-0.1, -0.05) is 58.0 Å². The summed E-state index contributed by atoms with van der Waals surface area (Å²) in [4.78, 5) is 0. The molecule has 1 aliphatic carbocycles. The van der Waals surface area contributed by atoms with Crippen LogP contribution in [0.4, 0.5) is 0 Å². The largest absolute Gasteiger partial charge is 0.455 e. The molecule has 0 atom stereocenters. The minimum absolute atomic E-state index is 0.125. The van der Waals surface area contributed by atoms with Crippen LogP contribution in [-0.4, -0.2) is 0 Å². The average Bonchev–Trinajstić information content (AvgIpc) is 3.16. The second kappa shape index (κ2) is 6.70. The molecule has 1 aliphatic rings. The van der Waals surface area contributed by atoms with Gasteiger partial charge in [-0.25, -0.2) is 0 Å². The van der Waals surface area contributed by atoms with Crippen LogP contribution in [-0.2, 0) is 17.9 Å². The van der Waals surface area contributed by atoms with Crippen molar-refractivity contribution in [1.82, 2.24) is 0 Å². The Labute approximate surface area is 195 Å². The van der Waals surface area contributed by atoms with Gasteiger partial charge in [-0.2, -0.15) is 4.57 Å². The molecule has 2 nitrogen and oxygen atoms in total. The van der Waals surface area contributed by atoms with E-state index in [9.17, 15) is 0 Å². The zero-order valence-corrected chi connectivity index (χ0v) is 20.5. The van der Waals surface area contributed by atoms with Gasteiger partial charge in [-0.3, -0.25) is 0 Å². The van der Waals surface area contributed by atoms with Gasteiger partial charge in [0, 0.05) is 28.3 Å². The first kappa shape index (κ1) is 20.5. The maximum Gasteiger partial charge on any atom is 0.216 e. The van der Waals surface area contributed by atoms with Crippen molar-refractivity contribution in [1.29, 1.82) is 0 Å². The lowest BCUT2D eigenvalue weighted by molar-refractivity contribution is -0.633. The number of aromatic nitrogens is 1. The molecule has 2 aromatic heterocycles. The highest BCUT2D eigenvalue weighted by Crippen LogP contribution is 2.51. The lowest BCUT2D eigenvalue weighted by Crippen LogP contribution is -2.33. The summed E-state index contributed by atoms with van der Waals surface area (Å²) in [6.45, 7) is 11.8. The fourth-order valence-corrected chi connectivity index (χ4v) is 6.10. The average molecular weight is 435 g/mol. The molecular weight excluding hydrogens is 402 g/mol. The quantitative estimate of drug-likeness (QED) is 0.245. The van der Waals surface area contributed by atoms with Gasteiger partial charge in [0.15, 0.2) is 0 Å². The van der Waals surface area contributed by atoms with Gasteiger partial charge in [0.05, 0.1) is 5.56 Å². The summed E-state index contributed by atoms with van der Waals surface area (Å²) in [5, 5.41) is 3.79. The third-order valence-corrected chi connectivity index (χ3v) is 8.13. The van der Waals surface area contributed by atoms with E-state index < -0.39 is 0 Å². The van der Waals surface area contributed by atoms with Crippen molar-refractivity contribution in [3.8, 4) is 11.3 Å². The van der Waals surface area contributed by atoms with Crippen LogP contribution in [0.15, 0.2) is 65.1 Å². The van der Waals surface area contributed by atoms with E-state index in [4.69, 9.17) is 4.42 Å². The molecule has 0 spiro atoms. The number of para-hydroxylation sites is 1. The van der Waals surface area contributed by atoms with E-state index in [1.807, 2.05) is 0 Å². The summed E-state index contributed by atoms with van der Waals surface area (Å²) in [6.07, 6.45) is 2.41. The topological polar surface area (TPSA) is 17.0 Å². The minimum atomic E-state index is 0.125. The van der Waals surface area contributed by atoms with Crippen molar-refractivity contribution < 1.29 is 8.98 Å². The summed E-state index contributed by atoms with van der Waals surface area (Å²) < 4.78 is 9.00. The minimum Gasteiger partial charge on any atom is -0.455 e. The molecule has 0 aliphatic heterocycles. The summed E-state index contributed by atoms with van der Waals surface area (Å²) in [5.41, 5.74) is 10.1.